The average molecular weight is 736 g/mol. The zero-order valence-corrected chi connectivity index (χ0v) is 30.6. The van der Waals surface area contributed by atoms with Crippen LogP contribution in [0, 0.1) is 0 Å². The number of aromatic nitrogens is 9. The number of rotatable bonds is 9. The number of hydrogen-bond donors (Lipinski definition) is 0. The second-order valence-electron chi connectivity index (χ2n) is 13.5. The van der Waals surface area contributed by atoms with E-state index in [9.17, 15) is 0 Å². The molecule has 9 heteroatoms. The van der Waals surface area contributed by atoms with E-state index in [0.29, 0.717) is 17.5 Å². The van der Waals surface area contributed by atoms with E-state index < -0.39 is 0 Å². The summed E-state index contributed by atoms with van der Waals surface area (Å²) in [5.74, 6) is 1.56. The van der Waals surface area contributed by atoms with Gasteiger partial charge in [-0.15, -0.1) is 0 Å². The Kier molecular flexibility index (Phi) is 8.62. The van der Waals surface area contributed by atoms with Gasteiger partial charge in [-0.3, -0.25) is 0 Å². The van der Waals surface area contributed by atoms with Crippen molar-refractivity contribution in [2.75, 3.05) is 0 Å². The van der Waals surface area contributed by atoms with Crippen molar-refractivity contribution in [1.29, 1.82) is 0 Å². The maximum Gasteiger partial charge on any atom is 0.166 e. The van der Waals surface area contributed by atoms with Gasteiger partial charge in [-0.05, 0) is 69.8 Å². The molecule has 0 saturated heterocycles. The molecule has 0 atom stereocenters. The predicted molar refractivity (Wildman–Crippen MR) is 224 cm³/mol. The molecule has 4 aromatic heterocycles. The molecule has 10 rings (SSSR count). The highest BCUT2D eigenvalue weighted by Gasteiger charge is 2.21. The highest BCUT2D eigenvalue weighted by molar-refractivity contribution is 5.82. The fourth-order valence-corrected chi connectivity index (χ4v) is 7.18. The van der Waals surface area contributed by atoms with Gasteiger partial charge in [0.2, 0.25) is 0 Å². The van der Waals surface area contributed by atoms with E-state index in [2.05, 4.69) is 106 Å². The smallest absolute Gasteiger partial charge is 0.166 e. The van der Waals surface area contributed by atoms with E-state index in [1.807, 2.05) is 86.9 Å². The summed E-state index contributed by atoms with van der Waals surface area (Å²) < 4.78 is 6.01. The molecular formula is C48H33N9. The zero-order chi connectivity index (χ0) is 38.0. The first-order chi connectivity index (χ1) is 28.2. The van der Waals surface area contributed by atoms with Gasteiger partial charge >= 0.3 is 0 Å². The monoisotopic (exact) mass is 735 g/mol. The standard InChI is InChI=1S/C48H33N9/c1-4-10-34(11-5-1)37-16-19-40(43(28-37)55-25-22-49-31-55)46-52-47(41-20-17-38(35-12-6-2-7-13-35)29-44(41)56-26-23-50-32-56)54-48(53-46)42-21-18-39(36-14-8-3-9-15-36)30-45(42)57-27-24-51-33-57/h1-33H. The molecular weight excluding hydrogens is 703 g/mol. The largest absolute Gasteiger partial charge is 0.306 e. The van der Waals surface area contributed by atoms with Crippen LogP contribution < -0.4 is 0 Å². The molecule has 0 fully saturated rings. The Bertz CT molecular complexity index is 2590. The molecule has 57 heavy (non-hydrogen) atoms. The minimum absolute atomic E-state index is 0.519. The van der Waals surface area contributed by atoms with Gasteiger partial charge in [-0.25, -0.2) is 29.9 Å². The van der Waals surface area contributed by atoms with E-state index in [0.717, 1.165) is 67.1 Å². The molecule has 270 valence electrons. The summed E-state index contributed by atoms with van der Waals surface area (Å²) >= 11 is 0. The lowest BCUT2D eigenvalue weighted by molar-refractivity contribution is 1.01. The summed E-state index contributed by atoms with van der Waals surface area (Å²) in [4.78, 5) is 29.1. The average Bonchev–Trinajstić information content (AvgIpc) is 4.13. The first kappa shape index (κ1) is 33.5. The normalized spacial score (nSPS) is 11.2. The molecule has 9 nitrogen and oxygen atoms in total. The highest BCUT2D eigenvalue weighted by atomic mass is 15.1. The van der Waals surface area contributed by atoms with Crippen molar-refractivity contribution in [3.63, 3.8) is 0 Å². The molecule has 0 aliphatic rings. The van der Waals surface area contributed by atoms with Crippen LogP contribution in [0.5, 0.6) is 0 Å². The molecule has 0 bridgehead atoms. The molecule has 0 N–H and O–H groups in total. The molecule has 0 amide bonds. The van der Waals surface area contributed by atoms with Crippen LogP contribution in [-0.4, -0.2) is 43.6 Å². The molecule has 0 aliphatic carbocycles. The molecule has 6 aromatic carbocycles. The lowest BCUT2D eigenvalue weighted by atomic mass is 10.00. The van der Waals surface area contributed by atoms with E-state index in [1.165, 1.54) is 0 Å². The van der Waals surface area contributed by atoms with Crippen molar-refractivity contribution >= 4 is 0 Å². The van der Waals surface area contributed by atoms with Crippen LogP contribution >= 0.6 is 0 Å². The summed E-state index contributed by atoms with van der Waals surface area (Å²) in [6.45, 7) is 0. The van der Waals surface area contributed by atoms with Crippen LogP contribution in [0.25, 0.3) is 84.6 Å². The maximum atomic E-state index is 5.29. The zero-order valence-electron chi connectivity index (χ0n) is 30.6. The number of nitrogens with zero attached hydrogens (tertiary/aromatic N) is 9. The first-order valence-electron chi connectivity index (χ1n) is 18.6. The van der Waals surface area contributed by atoms with Gasteiger partial charge in [0.25, 0.3) is 0 Å². The Morgan fingerprint density at radius 1 is 0.298 bits per heavy atom. The SMILES string of the molecule is c1ccc(-c2ccc(-c3nc(-c4ccc(-c5ccccc5)cc4-n4ccnc4)nc(-c4ccc(-c5ccccc5)cc4-n4ccnc4)n3)c(-n3ccnc3)c2)cc1. The third-order valence-corrected chi connectivity index (χ3v) is 10.0. The van der Waals surface area contributed by atoms with Crippen molar-refractivity contribution < 1.29 is 0 Å². The van der Waals surface area contributed by atoms with Gasteiger partial charge < -0.3 is 13.7 Å². The summed E-state index contributed by atoms with van der Waals surface area (Å²) in [6.07, 6.45) is 16.6. The molecule has 0 saturated carbocycles. The summed E-state index contributed by atoms with van der Waals surface area (Å²) in [6, 6.07) is 50.1. The van der Waals surface area contributed by atoms with Crippen LogP contribution in [-0.2, 0) is 0 Å². The van der Waals surface area contributed by atoms with Crippen LogP contribution in [0.4, 0.5) is 0 Å². The van der Waals surface area contributed by atoms with E-state index >= 15 is 0 Å². The minimum Gasteiger partial charge on any atom is -0.306 e. The van der Waals surface area contributed by atoms with Gasteiger partial charge in [-0.2, -0.15) is 0 Å². The topological polar surface area (TPSA) is 92.1 Å². The van der Waals surface area contributed by atoms with Gasteiger partial charge in [-0.1, -0.05) is 109 Å². The highest BCUT2D eigenvalue weighted by Crippen LogP contribution is 2.37. The Morgan fingerprint density at radius 2 is 0.596 bits per heavy atom. The van der Waals surface area contributed by atoms with Crippen LogP contribution in [0.2, 0.25) is 0 Å². The van der Waals surface area contributed by atoms with Gasteiger partial charge in [0.1, 0.15) is 0 Å². The molecule has 0 radical (unpaired) electrons. The lowest BCUT2D eigenvalue weighted by Gasteiger charge is -2.17. The molecule has 0 spiro atoms. The molecule has 0 aliphatic heterocycles. The van der Waals surface area contributed by atoms with E-state index in [4.69, 9.17) is 15.0 Å². The maximum absolute atomic E-state index is 5.29. The van der Waals surface area contributed by atoms with Crippen molar-refractivity contribution in [2.45, 2.75) is 0 Å². The summed E-state index contributed by atoms with van der Waals surface area (Å²) in [7, 11) is 0. The van der Waals surface area contributed by atoms with E-state index in [-0.39, 0.29) is 0 Å². The van der Waals surface area contributed by atoms with Crippen molar-refractivity contribution in [3.05, 3.63) is 202 Å². The molecule has 4 heterocycles. The Hall–Kier alpha value is -8.04. The Labute approximate surface area is 329 Å². The van der Waals surface area contributed by atoms with Crippen molar-refractivity contribution in [3.8, 4) is 84.6 Å². The van der Waals surface area contributed by atoms with Gasteiger partial charge in [0, 0.05) is 53.9 Å². The Morgan fingerprint density at radius 3 is 0.860 bits per heavy atom. The number of imidazole rings is 3. The van der Waals surface area contributed by atoms with E-state index in [1.54, 1.807) is 37.6 Å². The van der Waals surface area contributed by atoms with Crippen LogP contribution in [0.1, 0.15) is 0 Å². The third-order valence-electron chi connectivity index (χ3n) is 10.0. The quantitative estimate of drug-likeness (QED) is 0.147. The summed E-state index contributed by atoms with van der Waals surface area (Å²) in [5, 5.41) is 0. The Balaban J connectivity index is 1.23. The van der Waals surface area contributed by atoms with Gasteiger partial charge in [0.05, 0.1) is 36.0 Å². The second-order valence-corrected chi connectivity index (χ2v) is 13.5. The first-order valence-corrected chi connectivity index (χ1v) is 18.6. The third kappa shape index (κ3) is 6.59. The number of benzene rings is 6. The van der Waals surface area contributed by atoms with Crippen LogP contribution in [0.15, 0.2) is 202 Å². The molecule has 10 aromatic rings. The second kappa shape index (κ2) is 14.7. The van der Waals surface area contributed by atoms with Crippen molar-refractivity contribution in [1.82, 2.24) is 43.6 Å². The fraction of sp³-hybridized carbons (Fsp3) is 0. The molecule has 0 unspecified atom stereocenters. The van der Waals surface area contributed by atoms with Crippen molar-refractivity contribution in [2.24, 2.45) is 0 Å². The van der Waals surface area contributed by atoms with Gasteiger partial charge in [0.15, 0.2) is 17.5 Å². The van der Waals surface area contributed by atoms with Crippen LogP contribution in [0.3, 0.4) is 0 Å². The minimum atomic E-state index is 0.519. The number of hydrogen-bond acceptors (Lipinski definition) is 6. The summed E-state index contributed by atoms with van der Waals surface area (Å²) in [5.41, 5.74) is 11.7. The lowest BCUT2D eigenvalue weighted by Crippen LogP contribution is -2.06. The fourth-order valence-electron chi connectivity index (χ4n) is 7.18. The predicted octanol–water partition coefficient (Wildman–Crippen LogP) is 10.4.